The number of nitrogens with one attached hydrogen (secondary N) is 1. The molecule has 2 atom stereocenters. The third-order valence-electron chi connectivity index (χ3n) is 3.21. The van der Waals surface area contributed by atoms with Gasteiger partial charge in [-0.1, -0.05) is 41.3 Å². The van der Waals surface area contributed by atoms with Crippen LogP contribution in [0, 0.1) is 0 Å². The van der Waals surface area contributed by atoms with Gasteiger partial charge in [0.15, 0.2) is 0 Å². The molecular weight excluding hydrogens is 516 g/mol. The van der Waals surface area contributed by atoms with E-state index >= 15 is 0 Å². The molecule has 2 rings (SSSR count). The lowest BCUT2D eigenvalue weighted by molar-refractivity contribution is 0.232. The van der Waals surface area contributed by atoms with Crippen molar-refractivity contribution in [3.63, 3.8) is 0 Å². The molecule has 0 fully saturated rings. The Balaban J connectivity index is 2.29. The van der Waals surface area contributed by atoms with Gasteiger partial charge >= 0.3 is 0 Å². The van der Waals surface area contributed by atoms with Crippen molar-refractivity contribution < 1.29 is 5.11 Å². The molecule has 0 saturated heterocycles. The highest BCUT2D eigenvalue weighted by Gasteiger charge is 2.22. The summed E-state index contributed by atoms with van der Waals surface area (Å²) in [6.45, 7) is 5.70. The molecule has 0 radical (unpaired) electrons. The number of rotatable bonds is 5. The van der Waals surface area contributed by atoms with Gasteiger partial charge in [-0.05, 0) is 59.4 Å². The Bertz CT molecular complexity index is 726. The standard InChI is InChI=1S/C17H17I2N3O/c1-3-5-16(12-8-13(18)17(23)14(19)9-12)20-7-6-11-10-21-22-15(11)4-2/h3-10,13,17,23H,2H2,1H3,(H,21,22)/b5-3+,7-6+,20-16+. The average molecular weight is 533 g/mol. The average Bonchev–Trinajstić information content (AvgIpc) is 2.98. The molecule has 2 N–H and O–H groups in total. The zero-order valence-corrected chi connectivity index (χ0v) is 16.9. The van der Waals surface area contributed by atoms with Crippen molar-refractivity contribution in [2.24, 2.45) is 4.99 Å². The highest BCUT2D eigenvalue weighted by molar-refractivity contribution is 14.1. The predicted molar refractivity (Wildman–Crippen MR) is 114 cm³/mol. The van der Waals surface area contributed by atoms with E-state index in [4.69, 9.17) is 0 Å². The fourth-order valence-electron chi connectivity index (χ4n) is 2.03. The minimum absolute atomic E-state index is 0.0418. The van der Waals surface area contributed by atoms with E-state index in [0.717, 1.165) is 26.1 Å². The second-order valence-electron chi connectivity index (χ2n) is 4.81. The number of allylic oxidation sites excluding steroid dienone is 4. The molecule has 1 aliphatic carbocycles. The minimum atomic E-state index is -0.441. The summed E-state index contributed by atoms with van der Waals surface area (Å²) < 4.78 is 0.963. The molecule has 0 spiro atoms. The van der Waals surface area contributed by atoms with E-state index in [1.807, 2.05) is 37.3 Å². The Labute approximate surface area is 163 Å². The van der Waals surface area contributed by atoms with Crippen LogP contribution in [0.5, 0.6) is 0 Å². The van der Waals surface area contributed by atoms with Crippen LogP contribution in [0.15, 0.2) is 57.4 Å². The first-order chi connectivity index (χ1) is 11.1. The van der Waals surface area contributed by atoms with Gasteiger partial charge in [0.2, 0.25) is 0 Å². The monoisotopic (exact) mass is 533 g/mol. The predicted octanol–water partition coefficient (Wildman–Crippen LogP) is 4.46. The zero-order valence-electron chi connectivity index (χ0n) is 12.6. The molecule has 2 unspecified atom stereocenters. The molecule has 0 amide bonds. The van der Waals surface area contributed by atoms with Gasteiger partial charge in [-0.3, -0.25) is 10.1 Å². The molecule has 1 aliphatic rings. The summed E-state index contributed by atoms with van der Waals surface area (Å²) in [5.41, 5.74) is 3.67. The van der Waals surface area contributed by atoms with Crippen molar-refractivity contribution in [2.45, 2.75) is 17.0 Å². The number of H-pyrrole nitrogens is 1. The Kier molecular flexibility index (Phi) is 6.97. The van der Waals surface area contributed by atoms with Crippen molar-refractivity contribution in [2.75, 3.05) is 0 Å². The van der Waals surface area contributed by atoms with Crippen molar-refractivity contribution in [3.05, 3.63) is 63.7 Å². The first-order valence-corrected chi connectivity index (χ1v) is 9.33. The van der Waals surface area contributed by atoms with E-state index < -0.39 is 6.10 Å². The number of aromatic amines is 1. The van der Waals surface area contributed by atoms with Crippen LogP contribution in [-0.2, 0) is 0 Å². The van der Waals surface area contributed by atoms with Crippen LogP contribution >= 0.6 is 45.2 Å². The zero-order chi connectivity index (χ0) is 16.8. The SMILES string of the molecule is C=Cc1[nH]ncc1/C=C/N=C(\C=C\C)C1=CC(I)C(O)C(I)=C1. The molecule has 120 valence electrons. The maximum absolute atomic E-state index is 10.0. The van der Waals surface area contributed by atoms with E-state index in [0.29, 0.717) is 0 Å². The van der Waals surface area contributed by atoms with Crippen LogP contribution in [0.2, 0.25) is 0 Å². The molecule has 1 aromatic rings. The molecule has 23 heavy (non-hydrogen) atoms. The number of aliphatic hydroxyl groups is 1. The molecule has 6 heteroatoms. The van der Waals surface area contributed by atoms with Gasteiger partial charge in [0.1, 0.15) is 0 Å². The maximum atomic E-state index is 10.0. The Morgan fingerprint density at radius 1 is 1.52 bits per heavy atom. The highest BCUT2D eigenvalue weighted by Crippen LogP contribution is 2.29. The Morgan fingerprint density at radius 3 is 2.96 bits per heavy atom. The third-order valence-corrected chi connectivity index (χ3v) is 5.20. The van der Waals surface area contributed by atoms with E-state index in [1.54, 1.807) is 18.5 Å². The topological polar surface area (TPSA) is 61.3 Å². The third kappa shape index (κ3) is 4.74. The van der Waals surface area contributed by atoms with E-state index in [1.165, 1.54) is 0 Å². The van der Waals surface area contributed by atoms with Crippen molar-refractivity contribution >= 4 is 63.0 Å². The summed E-state index contributed by atoms with van der Waals surface area (Å²) in [6, 6.07) is 0. The Hall–Kier alpha value is -1.000. The van der Waals surface area contributed by atoms with Gasteiger partial charge in [0.05, 0.1) is 27.6 Å². The quantitative estimate of drug-likeness (QED) is 0.334. The summed E-state index contributed by atoms with van der Waals surface area (Å²) in [5, 5.41) is 16.9. The van der Waals surface area contributed by atoms with Gasteiger partial charge in [0.25, 0.3) is 0 Å². The van der Waals surface area contributed by atoms with Gasteiger partial charge in [0, 0.05) is 15.3 Å². The van der Waals surface area contributed by atoms with Gasteiger partial charge < -0.3 is 5.11 Å². The van der Waals surface area contributed by atoms with Crippen molar-refractivity contribution in [3.8, 4) is 0 Å². The fourth-order valence-corrected chi connectivity index (χ4v) is 4.21. The van der Waals surface area contributed by atoms with Crippen LogP contribution < -0.4 is 0 Å². The smallest absolute Gasteiger partial charge is 0.0999 e. The summed E-state index contributed by atoms with van der Waals surface area (Å²) in [6.07, 6.45) is 14.6. The molecule has 1 aromatic heterocycles. The lowest BCUT2D eigenvalue weighted by Gasteiger charge is -2.20. The number of aliphatic hydroxyl groups excluding tert-OH is 1. The fraction of sp³-hybridized carbons (Fsp3) is 0.176. The molecule has 1 heterocycles. The van der Waals surface area contributed by atoms with Gasteiger partial charge in [-0.25, -0.2) is 0 Å². The number of aromatic nitrogens is 2. The van der Waals surface area contributed by atoms with Crippen molar-refractivity contribution in [1.82, 2.24) is 10.2 Å². The van der Waals surface area contributed by atoms with Crippen LogP contribution in [-0.4, -0.2) is 31.0 Å². The molecular formula is C17H17I2N3O. The molecule has 4 nitrogen and oxygen atoms in total. The van der Waals surface area contributed by atoms with E-state index in [-0.39, 0.29) is 3.92 Å². The summed E-state index contributed by atoms with van der Waals surface area (Å²) in [7, 11) is 0. The number of nitrogens with zero attached hydrogens (tertiary/aromatic N) is 2. The minimum Gasteiger partial charge on any atom is -0.387 e. The van der Waals surface area contributed by atoms with Crippen LogP contribution in [0.4, 0.5) is 0 Å². The first kappa shape index (κ1) is 18.3. The van der Waals surface area contributed by atoms with Crippen LogP contribution in [0.1, 0.15) is 18.2 Å². The van der Waals surface area contributed by atoms with Crippen LogP contribution in [0.3, 0.4) is 0 Å². The largest absolute Gasteiger partial charge is 0.387 e. The normalized spacial score (nSPS) is 22.5. The van der Waals surface area contributed by atoms with Crippen molar-refractivity contribution in [1.29, 1.82) is 0 Å². The molecule has 0 bridgehead atoms. The number of alkyl halides is 1. The van der Waals surface area contributed by atoms with E-state index in [9.17, 15) is 5.11 Å². The lowest BCUT2D eigenvalue weighted by atomic mass is 10.0. The second kappa shape index (κ2) is 8.74. The number of halogens is 2. The number of aliphatic imine (C=N–C) groups is 1. The number of hydrogen-bond donors (Lipinski definition) is 2. The van der Waals surface area contributed by atoms with E-state index in [2.05, 4.69) is 67.0 Å². The summed E-state index contributed by atoms with van der Waals surface area (Å²) in [4.78, 5) is 4.55. The maximum Gasteiger partial charge on any atom is 0.0999 e. The first-order valence-electron chi connectivity index (χ1n) is 7.01. The number of hydrogen-bond acceptors (Lipinski definition) is 3. The van der Waals surface area contributed by atoms with Gasteiger partial charge in [-0.15, -0.1) is 0 Å². The van der Waals surface area contributed by atoms with Crippen LogP contribution in [0.25, 0.3) is 12.2 Å². The van der Waals surface area contributed by atoms with Gasteiger partial charge in [-0.2, -0.15) is 5.10 Å². The molecule has 0 aliphatic heterocycles. The second-order valence-corrected chi connectivity index (χ2v) is 7.50. The Morgan fingerprint density at radius 2 is 2.30 bits per heavy atom. The molecule has 0 saturated carbocycles. The summed E-state index contributed by atoms with van der Waals surface area (Å²) in [5.74, 6) is 0. The highest BCUT2D eigenvalue weighted by atomic mass is 127. The lowest BCUT2D eigenvalue weighted by Crippen LogP contribution is -2.23. The summed E-state index contributed by atoms with van der Waals surface area (Å²) >= 11 is 4.41. The molecule has 0 aromatic carbocycles.